The number of hydrogen-bond donors (Lipinski definition) is 1. The van der Waals surface area contributed by atoms with Gasteiger partial charge in [-0.3, -0.25) is 0 Å². The molecule has 18 heavy (non-hydrogen) atoms. The molecule has 1 saturated heterocycles. The van der Waals surface area contributed by atoms with E-state index in [-0.39, 0.29) is 5.82 Å². The summed E-state index contributed by atoms with van der Waals surface area (Å²) >= 11 is 1.62. The topological polar surface area (TPSA) is 15.3 Å². The summed E-state index contributed by atoms with van der Waals surface area (Å²) in [7, 11) is 0. The van der Waals surface area contributed by atoms with Gasteiger partial charge in [0.1, 0.15) is 5.82 Å². The van der Waals surface area contributed by atoms with Crippen LogP contribution < -0.4 is 10.2 Å². The molecular formula is C14H17FN2S. The Morgan fingerprint density at radius 2 is 2.00 bits per heavy atom. The van der Waals surface area contributed by atoms with Gasteiger partial charge in [-0.2, -0.15) is 0 Å². The number of halogens is 1. The largest absolute Gasteiger partial charge is 0.367 e. The Bertz CT molecular complexity index is 556. The van der Waals surface area contributed by atoms with Gasteiger partial charge in [0, 0.05) is 40.6 Å². The summed E-state index contributed by atoms with van der Waals surface area (Å²) in [5, 5.41) is 6.85. The van der Waals surface area contributed by atoms with Crippen molar-refractivity contribution in [2.45, 2.75) is 25.9 Å². The third-order valence-electron chi connectivity index (χ3n) is 3.42. The maximum absolute atomic E-state index is 13.2. The zero-order valence-corrected chi connectivity index (χ0v) is 11.4. The number of nitrogens with one attached hydrogen (secondary N) is 1. The van der Waals surface area contributed by atoms with Gasteiger partial charge in [-0.15, -0.1) is 11.3 Å². The summed E-state index contributed by atoms with van der Waals surface area (Å²) in [6.07, 6.45) is 0. The number of thiophene rings is 1. The van der Waals surface area contributed by atoms with Gasteiger partial charge in [-0.25, -0.2) is 4.39 Å². The first-order chi connectivity index (χ1) is 8.63. The number of fused-ring (bicyclic) bond motifs is 1. The number of rotatable bonds is 1. The summed E-state index contributed by atoms with van der Waals surface area (Å²) in [6, 6.07) is 6.05. The molecule has 0 aliphatic carbocycles. The van der Waals surface area contributed by atoms with Crippen molar-refractivity contribution in [2.24, 2.45) is 0 Å². The normalized spacial score (nSPS) is 24.7. The fourth-order valence-electron chi connectivity index (χ4n) is 2.76. The van der Waals surface area contributed by atoms with Crippen LogP contribution in [0.3, 0.4) is 0 Å². The van der Waals surface area contributed by atoms with Crippen LogP contribution in [0.2, 0.25) is 0 Å². The minimum atomic E-state index is -0.155. The van der Waals surface area contributed by atoms with E-state index in [0.717, 1.165) is 17.8 Å². The van der Waals surface area contributed by atoms with Crippen LogP contribution in [0.25, 0.3) is 10.1 Å². The van der Waals surface area contributed by atoms with Gasteiger partial charge in [-0.05, 0) is 32.0 Å². The lowest BCUT2D eigenvalue weighted by Gasteiger charge is -2.37. The maximum atomic E-state index is 13.2. The van der Waals surface area contributed by atoms with Crippen molar-refractivity contribution in [2.75, 3.05) is 18.0 Å². The minimum absolute atomic E-state index is 0.155. The second-order valence-corrected chi connectivity index (χ2v) is 6.05. The molecule has 1 aliphatic rings. The Morgan fingerprint density at radius 3 is 2.72 bits per heavy atom. The van der Waals surface area contributed by atoms with Gasteiger partial charge < -0.3 is 10.2 Å². The fraction of sp³-hybridized carbons (Fsp3) is 0.429. The number of hydrogen-bond acceptors (Lipinski definition) is 3. The first kappa shape index (κ1) is 11.9. The lowest BCUT2D eigenvalue weighted by Crippen LogP contribution is -2.54. The van der Waals surface area contributed by atoms with Crippen LogP contribution in [0.15, 0.2) is 23.6 Å². The Kier molecular flexibility index (Phi) is 2.99. The van der Waals surface area contributed by atoms with Gasteiger partial charge in [0.05, 0.1) is 5.69 Å². The zero-order chi connectivity index (χ0) is 12.7. The summed E-state index contributed by atoms with van der Waals surface area (Å²) in [5.74, 6) is -0.155. The molecule has 96 valence electrons. The van der Waals surface area contributed by atoms with Crippen LogP contribution >= 0.6 is 11.3 Å². The van der Waals surface area contributed by atoms with Gasteiger partial charge in [0.25, 0.3) is 0 Å². The Labute approximate surface area is 110 Å². The average molecular weight is 264 g/mol. The summed E-state index contributed by atoms with van der Waals surface area (Å²) in [5.41, 5.74) is 1.25. The fourth-order valence-corrected chi connectivity index (χ4v) is 3.75. The molecule has 2 atom stereocenters. The predicted octanol–water partition coefficient (Wildman–Crippen LogP) is 3.23. The van der Waals surface area contributed by atoms with Gasteiger partial charge >= 0.3 is 0 Å². The highest BCUT2D eigenvalue weighted by atomic mass is 32.1. The summed E-state index contributed by atoms with van der Waals surface area (Å²) < 4.78 is 14.2. The average Bonchev–Trinajstić information content (AvgIpc) is 2.70. The second kappa shape index (κ2) is 4.52. The molecule has 0 saturated carbocycles. The first-order valence-electron chi connectivity index (χ1n) is 6.31. The molecule has 2 heterocycles. The van der Waals surface area contributed by atoms with E-state index in [2.05, 4.69) is 29.4 Å². The predicted molar refractivity (Wildman–Crippen MR) is 76.1 cm³/mol. The third kappa shape index (κ3) is 2.10. The second-order valence-electron chi connectivity index (χ2n) is 5.14. The van der Waals surface area contributed by atoms with Crippen molar-refractivity contribution < 1.29 is 4.39 Å². The van der Waals surface area contributed by atoms with Gasteiger partial charge in [0.15, 0.2) is 0 Å². The molecule has 1 aromatic heterocycles. The zero-order valence-electron chi connectivity index (χ0n) is 10.6. The van der Waals surface area contributed by atoms with Crippen LogP contribution in [-0.2, 0) is 0 Å². The van der Waals surface area contributed by atoms with E-state index < -0.39 is 0 Å². The monoisotopic (exact) mass is 264 g/mol. The highest BCUT2D eigenvalue weighted by molar-refractivity contribution is 7.17. The quantitative estimate of drug-likeness (QED) is 0.850. The molecule has 2 nitrogen and oxygen atoms in total. The van der Waals surface area contributed by atoms with Gasteiger partial charge in [0.2, 0.25) is 0 Å². The van der Waals surface area contributed by atoms with E-state index in [1.54, 1.807) is 23.5 Å². The molecule has 1 N–H and O–H groups in total. The molecular weight excluding hydrogens is 247 g/mol. The summed E-state index contributed by atoms with van der Waals surface area (Å²) in [6.45, 7) is 6.43. The number of nitrogens with zero attached hydrogens (tertiary/aromatic N) is 1. The maximum Gasteiger partial charge on any atom is 0.124 e. The lowest BCUT2D eigenvalue weighted by atomic mass is 10.1. The van der Waals surface area contributed by atoms with Crippen molar-refractivity contribution in [1.82, 2.24) is 5.32 Å². The SMILES string of the molecule is CC1CN(c2csc3cc(F)ccc23)C[C@H](C)N1. The lowest BCUT2D eigenvalue weighted by molar-refractivity contribution is 0.407. The van der Waals surface area contributed by atoms with Crippen LogP contribution in [-0.4, -0.2) is 25.2 Å². The molecule has 1 aromatic carbocycles. The first-order valence-corrected chi connectivity index (χ1v) is 7.19. The molecule has 4 heteroatoms. The number of anilines is 1. The Morgan fingerprint density at radius 1 is 1.28 bits per heavy atom. The Balaban J connectivity index is 1.98. The van der Waals surface area contributed by atoms with Gasteiger partial charge in [-0.1, -0.05) is 0 Å². The highest BCUT2D eigenvalue weighted by Gasteiger charge is 2.22. The molecule has 1 fully saturated rings. The minimum Gasteiger partial charge on any atom is -0.367 e. The van der Waals surface area contributed by atoms with Crippen LogP contribution in [0.4, 0.5) is 10.1 Å². The van der Waals surface area contributed by atoms with Crippen molar-refractivity contribution in [3.8, 4) is 0 Å². The summed E-state index contributed by atoms with van der Waals surface area (Å²) in [4.78, 5) is 2.41. The molecule has 0 amide bonds. The van der Waals surface area contributed by atoms with Crippen LogP contribution in [0.5, 0.6) is 0 Å². The van der Waals surface area contributed by atoms with Crippen LogP contribution in [0, 0.1) is 5.82 Å². The standard InChI is InChI=1S/C14H17FN2S/c1-9-6-17(7-10(2)16-9)13-8-18-14-5-11(15)3-4-12(13)14/h3-5,8-10,16H,6-7H2,1-2H3/t9-,10?/m0/s1. The number of piperazine rings is 1. The molecule has 0 bridgehead atoms. The van der Waals surface area contributed by atoms with E-state index in [4.69, 9.17) is 0 Å². The highest BCUT2D eigenvalue weighted by Crippen LogP contribution is 2.34. The molecule has 1 aliphatic heterocycles. The molecule has 0 radical (unpaired) electrons. The smallest absolute Gasteiger partial charge is 0.124 e. The van der Waals surface area contributed by atoms with Crippen molar-refractivity contribution in [1.29, 1.82) is 0 Å². The van der Waals surface area contributed by atoms with Crippen molar-refractivity contribution in [3.63, 3.8) is 0 Å². The van der Waals surface area contributed by atoms with Crippen molar-refractivity contribution >= 4 is 27.1 Å². The van der Waals surface area contributed by atoms with E-state index in [1.165, 1.54) is 11.1 Å². The van der Waals surface area contributed by atoms with E-state index >= 15 is 0 Å². The number of benzene rings is 1. The van der Waals surface area contributed by atoms with Crippen LogP contribution in [0.1, 0.15) is 13.8 Å². The Hall–Kier alpha value is -1.13. The molecule has 1 unspecified atom stereocenters. The van der Waals surface area contributed by atoms with E-state index in [0.29, 0.717) is 12.1 Å². The van der Waals surface area contributed by atoms with E-state index in [1.807, 2.05) is 6.07 Å². The van der Waals surface area contributed by atoms with Crippen molar-refractivity contribution in [3.05, 3.63) is 29.4 Å². The molecule has 0 spiro atoms. The molecule has 3 rings (SSSR count). The molecule has 2 aromatic rings. The third-order valence-corrected chi connectivity index (χ3v) is 4.35. The van der Waals surface area contributed by atoms with E-state index in [9.17, 15) is 4.39 Å².